The average molecular weight is 401 g/mol. The molecule has 0 bridgehead atoms. The minimum absolute atomic E-state index is 0.0775. The lowest BCUT2D eigenvalue weighted by atomic mass is 9.92. The van der Waals surface area contributed by atoms with Crippen LogP contribution >= 0.6 is 11.3 Å². The van der Waals surface area contributed by atoms with Gasteiger partial charge in [-0.15, -0.1) is 10.2 Å². The van der Waals surface area contributed by atoms with E-state index in [1.807, 2.05) is 30.3 Å². The number of carbonyl (C=O) groups excluding carboxylic acids is 2. The molecule has 2 aliphatic rings. The van der Waals surface area contributed by atoms with Crippen molar-refractivity contribution in [2.45, 2.75) is 50.7 Å². The van der Waals surface area contributed by atoms with E-state index in [-0.39, 0.29) is 36.3 Å². The van der Waals surface area contributed by atoms with Crippen LogP contribution in [0.25, 0.3) is 0 Å². The topological polar surface area (TPSA) is 95.4 Å². The standard InChI is InChI=1S/C20H24N4O3S/c25-16-8-6-15(7-9-16)21-19(27)14-11-18(26)24(12-14)20-23-22-17(28-20)10-13-4-2-1-3-5-13/h1-5,14-16,25H,6-12H2,(H,21,27). The van der Waals surface area contributed by atoms with Gasteiger partial charge in [-0.2, -0.15) is 0 Å². The number of aromatic nitrogens is 2. The van der Waals surface area contributed by atoms with Crippen molar-refractivity contribution in [3.63, 3.8) is 0 Å². The van der Waals surface area contributed by atoms with E-state index in [1.165, 1.54) is 11.3 Å². The van der Waals surface area contributed by atoms with Crippen LogP contribution in [-0.4, -0.2) is 45.8 Å². The average Bonchev–Trinajstić information content (AvgIpc) is 3.31. The maximum atomic E-state index is 12.6. The van der Waals surface area contributed by atoms with E-state index in [0.29, 0.717) is 18.1 Å². The zero-order valence-electron chi connectivity index (χ0n) is 15.6. The molecule has 2 aromatic rings. The van der Waals surface area contributed by atoms with E-state index in [2.05, 4.69) is 15.5 Å². The van der Waals surface area contributed by atoms with Gasteiger partial charge in [-0.25, -0.2) is 0 Å². The summed E-state index contributed by atoms with van der Waals surface area (Å²) in [6.07, 6.45) is 3.64. The molecule has 0 radical (unpaired) electrons. The lowest BCUT2D eigenvalue weighted by molar-refractivity contribution is -0.127. The van der Waals surface area contributed by atoms with Crippen molar-refractivity contribution in [3.8, 4) is 0 Å². The molecular formula is C20H24N4O3S. The Morgan fingerprint density at radius 3 is 2.68 bits per heavy atom. The van der Waals surface area contributed by atoms with Crippen LogP contribution in [0.3, 0.4) is 0 Å². The largest absolute Gasteiger partial charge is 0.393 e. The minimum Gasteiger partial charge on any atom is -0.393 e. The predicted octanol–water partition coefficient (Wildman–Crippen LogP) is 1.90. The van der Waals surface area contributed by atoms with Crippen LogP contribution in [0, 0.1) is 5.92 Å². The number of nitrogens with one attached hydrogen (secondary N) is 1. The lowest BCUT2D eigenvalue weighted by Crippen LogP contribution is -2.42. The molecule has 7 nitrogen and oxygen atoms in total. The SMILES string of the molecule is O=C(NC1CCC(O)CC1)C1CC(=O)N(c2nnc(Cc3ccccc3)s2)C1. The second-order valence-corrected chi connectivity index (χ2v) is 8.60. The molecule has 2 N–H and O–H groups in total. The maximum Gasteiger partial charge on any atom is 0.229 e. The van der Waals surface area contributed by atoms with Gasteiger partial charge in [0.1, 0.15) is 5.01 Å². The minimum atomic E-state index is -0.360. The molecule has 1 aromatic carbocycles. The van der Waals surface area contributed by atoms with Crippen molar-refractivity contribution in [3.05, 3.63) is 40.9 Å². The highest BCUT2D eigenvalue weighted by Gasteiger charge is 2.37. The first-order valence-corrected chi connectivity index (χ1v) is 10.6. The third-order valence-electron chi connectivity index (χ3n) is 5.42. The van der Waals surface area contributed by atoms with Gasteiger partial charge in [-0.05, 0) is 31.2 Å². The third-order valence-corrected chi connectivity index (χ3v) is 6.37. The molecule has 0 spiro atoms. The molecule has 28 heavy (non-hydrogen) atoms. The number of nitrogens with zero attached hydrogens (tertiary/aromatic N) is 3. The first kappa shape index (κ1) is 19.0. The maximum absolute atomic E-state index is 12.6. The van der Waals surface area contributed by atoms with Gasteiger partial charge in [-0.1, -0.05) is 41.7 Å². The number of amides is 2. The van der Waals surface area contributed by atoms with Crippen molar-refractivity contribution < 1.29 is 14.7 Å². The summed E-state index contributed by atoms with van der Waals surface area (Å²) < 4.78 is 0. The number of carbonyl (C=O) groups is 2. The molecule has 1 saturated carbocycles. The Balaban J connectivity index is 1.35. The molecule has 1 atom stereocenters. The summed E-state index contributed by atoms with van der Waals surface area (Å²) in [4.78, 5) is 26.6. The Morgan fingerprint density at radius 1 is 1.18 bits per heavy atom. The van der Waals surface area contributed by atoms with Crippen molar-refractivity contribution in [2.24, 2.45) is 5.92 Å². The summed E-state index contributed by atoms with van der Waals surface area (Å²) in [5.41, 5.74) is 1.15. The van der Waals surface area contributed by atoms with Crippen molar-refractivity contribution >= 4 is 28.3 Å². The third kappa shape index (κ3) is 4.39. The molecular weight excluding hydrogens is 376 g/mol. The van der Waals surface area contributed by atoms with Gasteiger partial charge in [-0.3, -0.25) is 14.5 Å². The van der Waals surface area contributed by atoms with E-state index in [0.717, 1.165) is 36.3 Å². The van der Waals surface area contributed by atoms with Gasteiger partial charge in [0.2, 0.25) is 16.9 Å². The monoisotopic (exact) mass is 400 g/mol. The zero-order chi connectivity index (χ0) is 19.5. The smallest absolute Gasteiger partial charge is 0.229 e. The van der Waals surface area contributed by atoms with Crippen LogP contribution in [0.2, 0.25) is 0 Å². The number of aliphatic hydroxyl groups excluding tert-OH is 1. The Morgan fingerprint density at radius 2 is 1.93 bits per heavy atom. The first-order chi connectivity index (χ1) is 13.6. The number of rotatable bonds is 5. The van der Waals surface area contributed by atoms with E-state index < -0.39 is 0 Å². The van der Waals surface area contributed by atoms with Crippen LogP contribution in [0.15, 0.2) is 30.3 Å². The fourth-order valence-corrected chi connectivity index (χ4v) is 4.70. The number of hydrogen-bond acceptors (Lipinski definition) is 6. The lowest BCUT2D eigenvalue weighted by Gasteiger charge is -2.27. The first-order valence-electron chi connectivity index (χ1n) is 9.73. The van der Waals surface area contributed by atoms with Crippen LogP contribution in [0.5, 0.6) is 0 Å². The molecule has 1 aromatic heterocycles. The van der Waals surface area contributed by atoms with Crippen LogP contribution in [0.4, 0.5) is 5.13 Å². The molecule has 2 fully saturated rings. The summed E-state index contributed by atoms with van der Waals surface area (Å²) in [6.45, 7) is 0.347. The highest BCUT2D eigenvalue weighted by molar-refractivity contribution is 7.15. The summed E-state index contributed by atoms with van der Waals surface area (Å²) >= 11 is 1.40. The van der Waals surface area contributed by atoms with Crippen molar-refractivity contribution in [1.29, 1.82) is 0 Å². The molecule has 1 aliphatic carbocycles. The molecule has 1 unspecified atom stereocenters. The van der Waals surface area contributed by atoms with Gasteiger partial charge in [0, 0.05) is 25.4 Å². The molecule has 8 heteroatoms. The second kappa shape index (κ2) is 8.36. The Labute approximate surface area is 167 Å². The van der Waals surface area contributed by atoms with E-state index in [9.17, 15) is 14.7 Å². The number of aliphatic hydroxyl groups is 1. The fourth-order valence-electron chi connectivity index (χ4n) is 3.80. The fraction of sp³-hybridized carbons (Fsp3) is 0.500. The molecule has 2 amide bonds. The Hall–Kier alpha value is -2.32. The molecule has 2 heterocycles. The second-order valence-electron chi connectivity index (χ2n) is 7.56. The Kier molecular flexibility index (Phi) is 5.68. The van der Waals surface area contributed by atoms with Gasteiger partial charge >= 0.3 is 0 Å². The van der Waals surface area contributed by atoms with Crippen molar-refractivity contribution in [1.82, 2.24) is 15.5 Å². The van der Waals surface area contributed by atoms with Crippen LogP contribution in [-0.2, 0) is 16.0 Å². The van der Waals surface area contributed by atoms with Gasteiger partial charge < -0.3 is 10.4 Å². The highest BCUT2D eigenvalue weighted by Crippen LogP contribution is 2.29. The summed E-state index contributed by atoms with van der Waals surface area (Å²) in [5, 5.41) is 22.4. The van der Waals surface area contributed by atoms with E-state index >= 15 is 0 Å². The van der Waals surface area contributed by atoms with Crippen LogP contribution in [0.1, 0.15) is 42.7 Å². The van der Waals surface area contributed by atoms with E-state index in [1.54, 1.807) is 4.90 Å². The number of anilines is 1. The van der Waals surface area contributed by atoms with Crippen LogP contribution < -0.4 is 10.2 Å². The summed E-state index contributed by atoms with van der Waals surface area (Å²) in [5.74, 6) is -0.520. The van der Waals surface area contributed by atoms with Crippen molar-refractivity contribution in [2.75, 3.05) is 11.4 Å². The normalized spacial score (nSPS) is 25.1. The molecule has 1 saturated heterocycles. The van der Waals surface area contributed by atoms with Gasteiger partial charge in [0.25, 0.3) is 0 Å². The van der Waals surface area contributed by atoms with Gasteiger partial charge in [0.05, 0.1) is 12.0 Å². The molecule has 1 aliphatic heterocycles. The van der Waals surface area contributed by atoms with Gasteiger partial charge in [0.15, 0.2) is 0 Å². The highest BCUT2D eigenvalue weighted by atomic mass is 32.1. The molecule has 4 rings (SSSR count). The predicted molar refractivity (Wildman–Crippen MR) is 106 cm³/mol. The number of benzene rings is 1. The summed E-state index contributed by atoms with van der Waals surface area (Å²) in [7, 11) is 0. The quantitative estimate of drug-likeness (QED) is 0.799. The Bertz CT molecular complexity index is 833. The summed E-state index contributed by atoms with van der Waals surface area (Å²) in [6, 6.07) is 10.1. The molecule has 148 valence electrons. The van der Waals surface area contributed by atoms with E-state index in [4.69, 9.17) is 0 Å². The zero-order valence-corrected chi connectivity index (χ0v) is 16.4. The number of hydrogen-bond donors (Lipinski definition) is 2.